The van der Waals surface area contributed by atoms with Crippen molar-refractivity contribution < 1.29 is 48.8 Å². The molecule has 32 valence electrons. The molecule has 0 saturated heterocycles. The molecule has 0 atom stereocenters. The van der Waals surface area contributed by atoms with Crippen LogP contribution in [0.15, 0.2) is 0 Å². The molecule has 4 nitrogen and oxygen atoms in total. The Balaban J connectivity index is -0.0000000275. The summed E-state index contributed by atoms with van der Waals surface area (Å²) in [6.07, 6.45) is 0. The van der Waals surface area contributed by atoms with Crippen LogP contribution in [-0.2, 0) is 19.3 Å². The van der Waals surface area contributed by atoms with Gasteiger partial charge in [-0.25, -0.2) is 0 Å². The van der Waals surface area contributed by atoms with Crippen LogP contribution in [0.3, 0.4) is 0 Å². The maximum atomic E-state index is 7.88. The van der Waals surface area contributed by atoms with Crippen LogP contribution in [-0.4, -0.2) is 0 Å². The van der Waals surface area contributed by atoms with Crippen LogP contribution in [0, 0.1) is 0 Å². The molecule has 0 aliphatic carbocycles. The predicted octanol–water partition coefficient (Wildman–Crippen LogP) is -2.25. The Labute approximate surface area is 64.6 Å². The number of hydrogen-bond donors (Lipinski definition) is 0. The van der Waals surface area contributed by atoms with Crippen molar-refractivity contribution in [2.45, 2.75) is 0 Å². The van der Waals surface area contributed by atoms with Gasteiger partial charge in [0.1, 0.15) is 0 Å². The summed E-state index contributed by atoms with van der Waals surface area (Å²) in [5.74, 6) is 0. The molecule has 0 radical (unpaired) electrons. The Morgan fingerprint density at radius 1 is 1.33 bits per heavy atom. The third-order valence-corrected chi connectivity index (χ3v) is 0. The SMILES string of the molecule is [N-]=[N+]=[N-].[Na+].[O]=[Ni]. The maximum absolute atomic E-state index is 7.88. The molecule has 0 aliphatic heterocycles. The summed E-state index contributed by atoms with van der Waals surface area (Å²) in [7, 11) is 0. The Morgan fingerprint density at radius 3 is 1.33 bits per heavy atom. The average molecular weight is 140 g/mol. The summed E-state index contributed by atoms with van der Waals surface area (Å²) >= 11 is 2.62. The first kappa shape index (κ1) is 16.0. The van der Waals surface area contributed by atoms with Crippen LogP contribution in [0.25, 0.3) is 16.0 Å². The molecule has 0 aliphatic rings. The summed E-state index contributed by atoms with van der Waals surface area (Å²) in [5.41, 5.74) is 13.5. The van der Waals surface area contributed by atoms with E-state index in [-0.39, 0.29) is 29.6 Å². The van der Waals surface area contributed by atoms with E-state index < -0.39 is 0 Å². The molecule has 6 heteroatoms. The van der Waals surface area contributed by atoms with Crippen LogP contribution >= 0.6 is 0 Å². The molecule has 0 fully saturated rings. The average Bonchev–Trinajstić information content (AvgIpc) is 1.46. The van der Waals surface area contributed by atoms with E-state index in [2.05, 4.69) is 15.4 Å². The number of hydrogen-bond acceptors (Lipinski definition) is 1. The second-order valence-electron chi connectivity index (χ2n) is 0.0894. The summed E-state index contributed by atoms with van der Waals surface area (Å²) < 4.78 is 7.88. The second kappa shape index (κ2) is 46.2. The molecule has 6 heavy (non-hydrogen) atoms. The molecular formula is N3NaNiO. The molecule has 0 N–H and O–H groups in total. The third-order valence-electron chi connectivity index (χ3n) is 0. The first-order valence-corrected chi connectivity index (χ1v) is 0.932. The number of rotatable bonds is 0. The van der Waals surface area contributed by atoms with Crippen LogP contribution in [0.1, 0.15) is 0 Å². The van der Waals surface area contributed by atoms with Crippen molar-refractivity contribution in [3.63, 3.8) is 0 Å². The van der Waals surface area contributed by atoms with Crippen LogP contribution in [0.2, 0.25) is 0 Å². The van der Waals surface area contributed by atoms with E-state index in [0.717, 1.165) is 0 Å². The van der Waals surface area contributed by atoms with Gasteiger partial charge in [-0.3, -0.25) is 4.91 Å². The van der Waals surface area contributed by atoms with Gasteiger partial charge in [-0.1, -0.05) is 0 Å². The van der Waals surface area contributed by atoms with Crippen LogP contribution in [0.4, 0.5) is 0 Å². The standard InChI is InChI=1S/N3.Na.Ni.O/c1-3-2;;;/q-1;+1;;. The molecule has 0 aromatic heterocycles. The van der Waals surface area contributed by atoms with Gasteiger partial charge in [0.15, 0.2) is 0 Å². The molecule has 0 unspecified atom stereocenters. The van der Waals surface area contributed by atoms with E-state index in [9.17, 15) is 0 Å². The second-order valence-corrected chi connectivity index (χ2v) is 0.0894. The Morgan fingerprint density at radius 2 is 1.33 bits per heavy atom. The van der Waals surface area contributed by atoms with Crippen molar-refractivity contribution >= 4 is 0 Å². The van der Waals surface area contributed by atoms with E-state index >= 15 is 0 Å². The summed E-state index contributed by atoms with van der Waals surface area (Å²) in [6, 6.07) is 0. The monoisotopic (exact) mass is 139 g/mol. The van der Waals surface area contributed by atoms with E-state index in [1.165, 1.54) is 4.91 Å². The van der Waals surface area contributed by atoms with Gasteiger partial charge in [-0.2, -0.15) is 0 Å². The van der Waals surface area contributed by atoms with Crippen molar-refractivity contribution in [2.24, 2.45) is 0 Å². The van der Waals surface area contributed by atoms with Gasteiger partial charge in [-0.15, -0.1) is 0 Å². The summed E-state index contributed by atoms with van der Waals surface area (Å²) in [6.45, 7) is 0. The van der Waals surface area contributed by atoms with Gasteiger partial charge in [0.25, 0.3) is 0 Å². The van der Waals surface area contributed by atoms with Crippen molar-refractivity contribution in [3.8, 4) is 0 Å². The summed E-state index contributed by atoms with van der Waals surface area (Å²) in [5, 5.41) is 0. The minimum atomic E-state index is 0. The Hall–Kier alpha value is 0.604. The molecular weight excluding hydrogens is 140 g/mol. The molecule has 0 rings (SSSR count). The molecule has 0 amide bonds. The van der Waals surface area contributed by atoms with E-state index in [1.807, 2.05) is 0 Å². The molecule has 0 bridgehead atoms. The Kier molecular flexibility index (Phi) is 123. The van der Waals surface area contributed by atoms with Crippen molar-refractivity contribution in [2.75, 3.05) is 0 Å². The van der Waals surface area contributed by atoms with Crippen molar-refractivity contribution in [1.82, 2.24) is 0 Å². The fraction of sp³-hybridized carbons (Fsp3) is 0. The van der Waals surface area contributed by atoms with Gasteiger partial charge in [0.05, 0.1) is 0 Å². The van der Waals surface area contributed by atoms with Gasteiger partial charge in [0.2, 0.25) is 0 Å². The molecule has 0 heterocycles. The zero-order chi connectivity index (χ0) is 4.71. The van der Waals surface area contributed by atoms with E-state index in [0.29, 0.717) is 0 Å². The minimum absolute atomic E-state index is 0. The van der Waals surface area contributed by atoms with E-state index in [4.69, 9.17) is 15.0 Å². The third kappa shape index (κ3) is 164. The van der Waals surface area contributed by atoms with Crippen LogP contribution < -0.4 is 29.6 Å². The number of nitrogens with zero attached hydrogens (tertiary/aromatic N) is 3. The zero-order valence-electron chi connectivity index (χ0n) is 3.07. The van der Waals surface area contributed by atoms with Crippen LogP contribution in [0.5, 0.6) is 0 Å². The van der Waals surface area contributed by atoms with Gasteiger partial charge in [0, 0.05) is 0 Å². The normalized spacial score (nSPS) is 2.33. The molecule has 0 spiro atoms. The summed E-state index contributed by atoms with van der Waals surface area (Å²) in [4.78, 5) is 1.50. The van der Waals surface area contributed by atoms with Gasteiger partial charge >= 0.3 is 48.8 Å². The fourth-order valence-corrected chi connectivity index (χ4v) is 0. The van der Waals surface area contributed by atoms with Crippen molar-refractivity contribution in [1.29, 1.82) is 0 Å². The van der Waals surface area contributed by atoms with Crippen molar-refractivity contribution in [3.05, 3.63) is 16.0 Å². The van der Waals surface area contributed by atoms with E-state index in [1.54, 1.807) is 0 Å². The quantitative estimate of drug-likeness (QED) is 0.162. The molecule has 0 aromatic carbocycles. The molecule has 0 aromatic rings. The zero-order valence-corrected chi connectivity index (χ0v) is 6.05. The first-order valence-electron chi connectivity index (χ1n) is 0.529. The van der Waals surface area contributed by atoms with Gasteiger partial charge < -0.3 is 11.1 Å². The first-order chi connectivity index (χ1) is 2.41. The predicted molar refractivity (Wildman–Crippen MR) is 10.8 cm³/mol. The topological polar surface area (TPSA) is 75.8 Å². The molecule has 0 saturated carbocycles. The Bertz CT molecular complexity index is 40.1. The fourth-order valence-electron chi connectivity index (χ4n) is 0. The van der Waals surface area contributed by atoms with Gasteiger partial charge in [-0.05, 0) is 0 Å².